The summed E-state index contributed by atoms with van der Waals surface area (Å²) in [6.45, 7) is 1.94. The molecule has 0 saturated heterocycles. The number of carbonyl (C=O) groups excluding carboxylic acids is 1. The van der Waals surface area contributed by atoms with Gasteiger partial charge in [-0.25, -0.2) is 0 Å². The summed E-state index contributed by atoms with van der Waals surface area (Å²) in [5.74, 6) is 0.641. The van der Waals surface area contributed by atoms with Crippen LogP contribution in [-0.4, -0.2) is 5.97 Å². The molecule has 0 spiro atoms. The average molecular weight is 400 g/mol. The van der Waals surface area contributed by atoms with E-state index in [0.29, 0.717) is 28.9 Å². The Morgan fingerprint density at radius 1 is 0.933 bits per heavy atom. The maximum Gasteiger partial charge on any atom is 0.311 e. The molecule has 5 heteroatoms. The minimum absolute atomic E-state index is 0.0979. The lowest BCUT2D eigenvalue weighted by atomic mass is 10.1. The smallest absolute Gasteiger partial charge is 0.311 e. The first kappa shape index (κ1) is 19.5. The summed E-state index contributed by atoms with van der Waals surface area (Å²) in [4.78, 5) is 24.9. The molecule has 0 atom stereocenters. The minimum atomic E-state index is -0.347. The van der Waals surface area contributed by atoms with Crippen molar-refractivity contribution >= 4 is 16.9 Å². The van der Waals surface area contributed by atoms with Gasteiger partial charge in [-0.3, -0.25) is 9.59 Å². The predicted molar refractivity (Wildman–Crippen MR) is 114 cm³/mol. The molecule has 0 radical (unpaired) electrons. The van der Waals surface area contributed by atoms with Crippen LogP contribution in [0.1, 0.15) is 17.5 Å². The third-order valence-corrected chi connectivity index (χ3v) is 4.62. The molecule has 0 saturated carbocycles. The molecule has 0 aliphatic heterocycles. The van der Waals surface area contributed by atoms with Crippen molar-refractivity contribution in [3.8, 4) is 17.2 Å². The highest BCUT2D eigenvalue weighted by molar-refractivity contribution is 5.80. The zero-order chi connectivity index (χ0) is 20.9. The highest BCUT2D eigenvalue weighted by atomic mass is 16.5. The van der Waals surface area contributed by atoms with E-state index in [2.05, 4.69) is 0 Å². The van der Waals surface area contributed by atoms with Crippen LogP contribution in [0.5, 0.6) is 17.2 Å². The Bertz CT molecular complexity index is 1240. The number of benzene rings is 3. The van der Waals surface area contributed by atoms with E-state index in [1.165, 1.54) is 12.3 Å². The molecule has 0 N–H and O–H groups in total. The van der Waals surface area contributed by atoms with E-state index in [-0.39, 0.29) is 23.6 Å². The summed E-state index contributed by atoms with van der Waals surface area (Å²) in [7, 11) is 0. The fraction of sp³-hybridized carbons (Fsp3) is 0.120. The summed E-state index contributed by atoms with van der Waals surface area (Å²) in [6, 6.07) is 21.8. The number of esters is 1. The molecule has 0 unspecified atom stereocenters. The molecule has 5 nitrogen and oxygen atoms in total. The van der Waals surface area contributed by atoms with Gasteiger partial charge in [-0.1, -0.05) is 42.5 Å². The lowest BCUT2D eigenvalue weighted by molar-refractivity contribution is -0.134. The van der Waals surface area contributed by atoms with E-state index < -0.39 is 0 Å². The number of fused-ring (bicyclic) bond motifs is 1. The molecule has 1 aromatic heterocycles. The molecule has 0 amide bonds. The third kappa shape index (κ3) is 4.58. The first-order valence-corrected chi connectivity index (χ1v) is 9.63. The summed E-state index contributed by atoms with van der Waals surface area (Å²) in [6.07, 6.45) is 2.13. The molecule has 0 aliphatic carbocycles. The van der Waals surface area contributed by atoms with E-state index in [9.17, 15) is 9.59 Å². The molecule has 30 heavy (non-hydrogen) atoms. The maximum atomic E-state index is 12.7. The standard InChI is InChI=1S/C25H20O5/c1-17-6-5-9-19(14-17)29-23-16-28-22-15-20(11-12-21(22)25(23)27)30-24(26)13-10-18-7-3-2-4-8-18/h2-9,11-12,14-16H,10,13H2,1H3. The van der Waals surface area contributed by atoms with Crippen molar-refractivity contribution < 1.29 is 18.7 Å². The largest absolute Gasteiger partial charge is 0.460 e. The zero-order valence-corrected chi connectivity index (χ0v) is 16.5. The molecule has 150 valence electrons. The predicted octanol–water partition coefficient (Wildman–Crippen LogP) is 5.43. The number of hydrogen-bond acceptors (Lipinski definition) is 5. The van der Waals surface area contributed by atoms with E-state index in [1.807, 2.05) is 55.5 Å². The van der Waals surface area contributed by atoms with E-state index in [0.717, 1.165) is 11.1 Å². The highest BCUT2D eigenvalue weighted by Gasteiger charge is 2.12. The van der Waals surface area contributed by atoms with Gasteiger partial charge >= 0.3 is 5.97 Å². The second kappa shape index (κ2) is 8.66. The lowest BCUT2D eigenvalue weighted by Gasteiger charge is -2.08. The number of ether oxygens (including phenoxy) is 2. The van der Waals surface area contributed by atoms with Crippen molar-refractivity contribution in [2.45, 2.75) is 19.8 Å². The van der Waals surface area contributed by atoms with Crippen LogP contribution in [0.3, 0.4) is 0 Å². The van der Waals surface area contributed by atoms with Crippen LogP contribution < -0.4 is 14.9 Å². The quantitative estimate of drug-likeness (QED) is 0.319. The molecule has 0 aliphatic rings. The van der Waals surface area contributed by atoms with Gasteiger partial charge < -0.3 is 13.9 Å². The van der Waals surface area contributed by atoms with Crippen molar-refractivity contribution in [2.75, 3.05) is 0 Å². The molecule has 0 fully saturated rings. The van der Waals surface area contributed by atoms with Crippen molar-refractivity contribution in [1.82, 2.24) is 0 Å². The normalized spacial score (nSPS) is 10.7. The highest BCUT2D eigenvalue weighted by Crippen LogP contribution is 2.24. The molecule has 0 bridgehead atoms. The van der Waals surface area contributed by atoms with Crippen LogP contribution in [0.4, 0.5) is 0 Å². The van der Waals surface area contributed by atoms with Crippen LogP contribution in [0.2, 0.25) is 0 Å². The first-order valence-electron chi connectivity index (χ1n) is 9.63. The molecular formula is C25H20O5. The van der Waals surface area contributed by atoms with Gasteiger partial charge in [0.15, 0.2) is 0 Å². The van der Waals surface area contributed by atoms with Gasteiger partial charge in [-0.2, -0.15) is 0 Å². The van der Waals surface area contributed by atoms with E-state index in [4.69, 9.17) is 13.9 Å². The second-order valence-electron chi connectivity index (χ2n) is 6.97. The second-order valence-corrected chi connectivity index (χ2v) is 6.97. The Balaban J connectivity index is 1.48. The Kier molecular flexibility index (Phi) is 5.61. The van der Waals surface area contributed by atoms with Gasteiger partial charge in [-0.05, 0) is 48.7 Å². The van der Waals surface area contributed by atoms with Crippen LogP contribution in [0, 0.1) is 6.92 Å². The van der Waals surface area contributed by atoms with Crippen molar-refractivity contribution in [2.24, 2.45) is 0 Å². The molecular weight excluding hydrogens is 380 g/mol. The Hall–Kier alpha value is -3.86. The SMILES string of the molecule is Cc1cccc(Oc2coc3cc(OC(=O)CCc4ccccc4)ccc3c2=O)c1. The van der Waals surface area contributed by atoms with Crippen LogP contribution in [-0.2, 0) is 11.2 Å². The molecule has 4 rings (SSSR count). The third-order valence-electron chi connectivity index (χ3n) is 4.62. The van der Waals surface area contributed by atoms with Gasteiger partial charge in [-0.15, -0.1) is 0 Å². The molecule has 4 aromatic rings. The summed E-state index contributed by atoms with van der Waals surface area (Å²) in [5, 5.41) is 0.351. The first-order chi connectivity index (χ1) is 14.6. The number of hydrogen-bond donors (Lipinski definition) is 0. The van der Waals surface area contributed by atoms with E-state index >= 15 is 0 Å². The average Bonchev–Trinajstić information content (AvgIpc) is 2.75. The fourth-order valence-corrected chi connectivity index (χ4v) is 3.10. The number of carbonyl (C=O) groups is 1. The summed E-state index contributed by atoms with van der Waals surface area (Å²) >= 11 is 0. The Morgan fingerprint density at radius 2 is 1.77 bits per heavy atom. The minimum Gasteiger partial charge on any atom is -0.460 e. The van der Waals surface area contributed by atoms with Crippen LogP contribution >= 0.6 is 0 Å². The monoisotopic (exact) mass is 400 g/mol. The lowest BCUT2D eigenvalue weighted by Crippen LogP contribution is -2.09. The fourth-order valence-electron chi connectivity index (χ4n) is 3.10. The zero-order valence-electron chi connectivity index (χ0n) is 16.5. The van der Waals surface area contributed by atoms with Gasteiger partial charge in [0.05, 0.1) is 5.39 Å². The topological polar surface area (TPSA) is 65.7 Å². The molecule has 1 heterocycles. The summed E-state index contributed by atoms with van der Waals surface area (Å²) < 4.78 is 16.6. The molecule has 3 aromatic carbocycles. The maximum absolute atomic E-state index is 12.7. The van der Waals surface area contributed by atoms with Crippen molar-refractivity contribution in [3.05, 3.63) is 100 Å². The summed E-state index contributed by atoms with van der Waals surface area (Å²) in [5.41, 5.74) is 2.13. The van der Waals surface area contributed by atoms with Crippen LogP contribution in [0.15, 0.2) is 88.3 Å². The van der Waals surface area contributed by atoms with Gasteiger partial charge in [0, 0.05) is 12.5 Å². The number of rotatable bonds is 6. The van der Waals surface area contributed by atoms with Crippen LogP contribution in [0.25, 0.3) is 11.0 Å². The Labute approximate surface area is 173 Å². The van der Waals surface area contributed by atoms with Gasteiger partial charge in [0.25, 0.3) is 0 Å². The van der Waals surface area contributed by atoms with E-state index in [1.54, 1.807) is 18.2 Å². The van der Waals surface area contributed by atoms with Gasteiger partial charge in [0.1, 0.15) is 23.3 Å². The Morgan fingerprint density at radius 3 is 2.57 bits per heavy atom. The van der Waals surface area contributed by atoms with Crippen molar-refractivity contribution in [3.63, 3.8) is 0 Å². The van der Waals surface area contributed by atoms with Gasteiger partial charge in [0.2, 0.25) is 11.2 Å². The number of aryl methyl sites for hydroxylation is 2. The van der Waals surface area contributed by atoms with Crippen molar-refractivity contribution in [1.29, 1.82) is 0 Å².